The number of amides is 1. The lowest BCUT2D eigenvalue weighted by molar-refractivity contribution is -0.164. The van der Waals surface area contributed by atoms with E-state index >= 15 is 0 Å². The molecule has 0 saturated carbocycles. The van der Waals surface area contributed by atoms with E-state index in [1.54, 1.807) is 0 Å². The fourth-order valence-corrected chi connectivity index (χ4v) is 3.20. The standard InChI is InChI=1S/C17H18F3NO3/c1-3-5-14(22)21-13(6-4-7-17(21,2)16(23)24)10-8-11(18)15(20)12(19)9-10/h3,8-9,13H,1,4-7H2,2H3,(H,23,24)/t13-,17+/m0/s1. The largest absolute Gasteiger partial charge is 0.480 e. The van der Waals surface area contributed by atoms with Crippen LogP contribution in [0.3, 0.4) is 0 Å². The normalized spacial score (nSPS) is 23.8. The van der Waals surface area contributed by atoms with Crippen LogP contribution in [-0.4, -0.2) is 27.4 Å². The summed E-state index contributed by atoms with van der Waals surface area (Å²) in [7, 11) is 0. The number of hydrogen-bond donors (Lipinski definition) is 1. The third-order valence-electron chi connectivity index (χ3n) is 4.42. The number of nitrogens with zero attached hydrogens (tertiary/aromatic N) is 1. The van der Waals surface area contributed by atoms with Crippen LogP contribution in [0.1, 0.15) is 44.2 Å². The van der Waals surface area contributed by atoms with Crippen LogP contribution in [0.5, 0.6) is 0 Å². The molecule has 2 atom stereocenters. The van der Waals surface area contributed by atoms with Crippen molar-refractivity contribution in [1.82, 2.24) is 4.90 Å². The first-order valence-corrected chi connectivity index (χ1v) is 7.53. The quantitative estimate of drug-likeness (QED) is 0.673. The molecule has 0 spiro atoms. The minimum Gasteiger partial charge on any atom is -0.480 e. The molecule has 130 valence electrons. The SMILES string of the molecule is C=CCC(=O)N1[C@H](c2cc(F)c(F)c(F)c2)CCC[C@]1(C)C(=O)O. The molecule has 0 bridgehead atoms. The second-order valence-electron chi connectivity index (χ2n) is 6.04. The Labute approximate surface area is 137 Å². The number of rotatable bonds is 4. The Morgan fingerprint density at radius 2 is 1.96 bits per heavy atom. The smallest absolute Gasteiger partial charge is 0.329 e. The second kappa shape index (κ2) is 6.67. The van der Waals surface area contributed by atoms with Gasteiger partial charge in [0.1, 0.15) is 5.54 Å². The predicted molar refractivity (Wildman–Crippen MR) is 80.6 cm³/mol. The zero-order chi connectivity index (χ0) is 18.1. The van der Waals surface area contributed by atoms with Crippen LogP contribution in [0.4, 0.5) is 13.2 Å². The van der Waals surface area contributed by atoms with Gasteiger partial charge in [-0.2, -0.15) is 0 Å². The molecule has 1 N–H and O–H groups in total. The Hall–Kier alpha value is -2.31. The van der Waals surface area contributed by atoms with Crippen molar-refractivity contribution in [3.8, 4) is 0 Å². The molecule has 2 rings (SSSR count). The minimum absolute atomic E-state index is 0.0380. The number of carboxylic acid groups (broad SMARTS) is 1. The number of aliphatic carboxylic acids is 1. The number of hydrogen-bond acceptors (Lipinski definition) is 2. The van der Waals surface area contributed by atoms with Gasteiger partial charge in [0.15, 0.2) is 17.5 Å². The van der Waals surface area contributed by atoms with Crippen LogP contribution in [-0.2, 0) is 9.59 Å². The van der Waals surface area contributed by atoms with Crippen molar-refractivity contribution < 1.29 is 27.9 Å². The maximum atomic E-state index is 13.6. The second-order valence-corrected chi connectivity index (χ2v) is 6.04. The summed E-state index contributed by atoms with van der Waals surface area (Å²) in [6, 6.07) is 0.771. The van der Waals surface area contributed by atoms with Crippen LogP contribution in [0.15, 0.2) is 24.8 Å². The van der Waals surface area contributed by atoms with Crippen molar-refractivity contribution in [2.24, 2.45) is 0 Å². The van der Waals surface area contributed by atoms with Gasteiger partial charge in [-0.15, -0.1) is 6.58 Å². The van der Waals surface area contributed by atoms with Gasteiger partial charge in [0.25, 0.3) is 0 Å². The minimum atomic E-state index is -1.60. The number of halogens is 3. The highest BCUT2D eigenvalue weighted by Gasteiger charge is 2.48. The summed E-state index contributed by atoms with van der Waals surface area (Å²) in [5.74, 6) is -6.05. The zero-order valence-electron chi connectivity index (χ0n) is 13.2. The Bertz CT molecular complexity index is 669. The molecular weight excluding hydrogens is 323 g/mol. The molecule has 1 heterocycles. The van der Waals surface area contributed by atoms with E-state index in [0.29, 0.717) is 12.8 Å². The number of carbonyl (C=O) groups is 2. The molecule has 1 saturated heterocycles. The monoisotopic (exact) mass is 341 g/mol. The molecule has 7 heteroatoms. The fraction of sp³-hybridized carbons (Fsp3) is 0.412. The molecule has 1 amide bonds. The van der Waals surface area contributed by atoms with E-state index in [1.807, 2.05) is 0 Å². The molecule has 1 aromatic rings. The highest BCUT2D eigenvalue weighted by atomic mass is 19.2. The van der Waals surface area contributed by atoms with Gasteiger partial charge < -0.3 is 10.0 Å². The number of carboxylic acids is 1. The molecule has 4 nitrogen and oxygen atoms in total. The topological polar surface area (TPSA) is 57.6 Å². The average molecular weight is 341 g/mol. The highest BCUT2D eigenvalue weighted by Crippen LogP contribution is 2.41. The number of piperidine rings is 1. The molecule has 0 aromatic heterocycles. The van der Waals surface area contributed by atoms with Crippen LogP contribution in [0.2, 0.25) is 0 Å². The van der Waals surface area contributed by atoms with Crippen LogP contribution >= 0.6 is 0 Å². The molecule has 1 aliphatic heterocycles. The first-order valence-electron chi connectivity index (χ1n) is 7.53. The van der Waals surface area contributed by atoms with Crippen LogP contribution in [0.25, 0.3) is 0 Å². The predicted octanol–water partition coefficient (Wildman–Crippen LogP) is 3.58. The maximum absolute atomic E-state index is 13.6. The Kier molecular flexibility index (Phi) is 5.01. The Morgan fingerprint density at radius 3 is 2.46 bits per heavy atom. The summed E-state index contributed by atoms with van der Waals surface area (Å²) in [6.07, 6.45) is 2.23. The van der Waals surface area contributed by atoms with Crippen LogP contribution in [0, 0.1) is 17.5 Å². The summed E-state index contributed by atoms with van der Waals surface area (Å²) in [4.78, 5) is 25.3. The van der Waals surface area contributed by atoms with Crippen molar-refractivity contribution in [3.05, 3.63) is 47.8 Å². The lowest BCUT2D eigenvalue weighted by Crippen LogP contribution is -2.58. The van der Waals surface area contributed by atoms with Crippen molar-refractivity contribution >= 4 is 11.9 Å². The van der Waals surface area contributed by atoms with Gasteiger partial charge in [-0.25, -0.2) is 18.0 Å². The first kappa shape index (κ1) is 18.0. The summed E-state index contributed by atoms with van der Waals surface area (Å²) in [6.45, 7) is 4.86. The summed E-state index contributed by atoms with van der Waals surface area (Å²) >= 11 is 0. The van der Waals surface area contributed by atoms with Gasteiger partial charge >= 0.3 is 5.97 Å². The number of carbonyl (C=O) groups excluding carboxylic acids is 1. The third kappa shape index (κ3) is 3.02. The third-order valence-corrected chi connectivity index (χ3v) is 4.42. The van der Waals surface area contributed by atoms with E-state index in [1.165, 1.54) is 13.0 Å². The van der Waals surface area contributed by atoms with E-state index in [9.17, 15) is 27.9 Å². The van der Waals surface area contributed by atoms with E-state index in [0.717, 1.165) is 17.0 Å². The summed E-state index contributed by atoms with van der Waals surface area (Å²) in [5, 5.41) is 9.58. The lowest BCUT2D eigenvalue weighted by Gasteiger charge is -2.47. The summed E-state index contributed by atoms with van der Waals surface area (Å²) < 4.78 is 40.3. The number of benzene rings is 1. The van der Waals surface area contributed by atoms with Gasteiger partial charge in [0, 0.05) is 6.42 Å². The van der Waals surface area contributed by atoms with Crippen molar-refractivity contribution in [2.75, 3.05) is 0 Å². The van der Waals surface area contributed by atoms with Gasteiger partial charge in [-0.3, -0.25) is 4.79 Å². The molecule has 1 aromatic carbocycles. The molecule has 0 radical (unpaired) electrons. The van der Waals surface area contributed by atoms with E-state index < -0.39 is 40.9 Å². The molecule has 24 heavy (non-hydrogen) atoms. The molecular formula is C17H18F3NO3. The molecule has 1 fully saturated rings. The molecule has 1 aliphatic rings. The molecule has 0 unspecified atom stereocenters. The summed E-state index contributed by atoms with van der Waals surface area (Å²) in [5.41, 5.74) is -1.47. The van der Waals surface area contributed by atoms with Crippen molar-refractivity contribution in [3.63, 3.8) is 0 Å². The van der Waals surface area contributed by atoms with E-state index in [4.69, 9.17) is 0 Å². The Morgan fingerprint density at radius 1 is 1.38 bits per heavy atom. The van der Waals surface area contributed by atoms with Gasteiger partial charge in [-0.1, -0.05) is 6.08 Å². The van der Waals surface area contributed by atoms with Gasteiger partial charge in [0.2, 0.25) is 5.91 Å². The highest BCUT2D eigenvalue weighted by molar-refractivity contribution is 5.88. The Balaban J connectivity index is 2.55. The van der Waals surface area contributed by atoms with Crippen molar-refractivity contribution in [2.45, 2.75) is 44.2 Å². The van der Waals surface area contributed by atoms with Gasteiger partial charge in [0.05, 0.1) is 6.04 Å². The number of likely N-dealkylation sites (tertiary alicyclic amines) is 1. The van der Waals surface area contributed by atoms with E-state index in [2.05, 4.69) is 6.58 Å². The molecule has 0 aliphatic carbocycles. The average Bonchev–Trinajstić information content (AvgIpc) is 2.51. The maximum Gasteiger partial charge on any atom is 0.329 e. The van der Waals surface area contributed by atoms with Crippen molar-refractivity contribution in [1.29, 1.82) is 0 Å². The van der Waals surface area contributed by atoms with Gasteiger partial charge in [-0.05, 0) is 43.9 Å². The fourth-order valence-electron chi connectivity index (χ4n) is 3.20. The van der Waals surface area contributed by atoms with E-state index in [-0.39, 0.29) is 18.4 Å². The first-order chi connectivity index (χ1) is 11.2. The zero-order valence-corrected chi connectivity index (χ0v) is 13.2. The lowest BCUT2D eigenvalue weighted by atomic mass is 9.82. The van der Waals surface area contributed by atoms with Crippen LogP contribution < -0.4 is 0 Å².